The normalized spacial score (nSPS) is 10.0. The number of anilines is 2. The third-order valence-electron chi connectivity index (χ3n) is 3.16. The first-order chi connectivity index (χ1) is 10.9. The molecule has 23 heavy (non-hydrogen) atoms. The van der Waals surface area contributed by atoms with Crippen LogP contribution in [0.5, 0.6) is 5.75 Å². The van der Waals surface area contributed by atoms with Crippen molar-refractivity contribution in [3.63, 3.8) is 0 Å². The number of benzene rings is 2. The highest BCUT2D eigenvalue weighted by molar-refractivity contribution is 5.94. The number of hydrogen-bond donors (Lipinski definition) is 2. The molecule has 0 aliphatic carbocycles. The minimum atomic E-state index is -0.259. The second kappa shape index (κ2) is 7.45. The average Bonchev–Trinajstić information content (AvgIpc) is 2.46. The van der Waals surface area contributed by atoms with E-state index >= 15 is 0 Å². The highest BCUT2D eigenvalue weighted by Crippen LogP contribution is 2.19. The van der Waals surface area contributed by atoms with Crippen LogP contribution in [0.15, 0.2) is 42.5 Å². The SMILES string of the molecule is CC(=O)Nc1cccc(NC(=O)COc2ccc(C)cc2C)c1. The van der Waals surface area contributed by atoms with E-state index < -0.39 is 0 Å². The fourth-order valence-electron chi connectivity index (χ4n) is 2.18. The molecule has 0 aromatic heterocycles. The molecule has 0 aliphatic rings. The Morgan fingerprint density at radius 1 is 1.00 bits per heavy atom. The number of nitrogens with one attached hydrogen (secondary N) is 2. The van der Waals surface area contributed by atoms with Gasteiger partial charge in [-0.3, -0.25) is 9.59 Å². The lowest BCUT2D eigenvalue weighted by atomic mass is 10.1. The fraction of sp³-hybridized carbons (Fsp3) is 0.222. The number of carbonyl (C=O) groups is 2. The molecule has 0 saturated carbocycles. The Morgan fingerprint density at radius 3 is 2.35 bits per heavy atom. The number of carbonyl (C=O) groups excluding carboxylic acids is 2. The zero-order chi connectivity index (χ0) is 16.8. The predicted molar refractivity (Wildman–Crippen MR) is 90.8 cm³/mol. The summed E-state index contributed by atoms with van der Waals surface area (Å²) in [6.45, 7) is 5.31. The molecule has 0 heterocycles. The van der Waals surface area contributed by atoms with E-state index in [9.17, 15) is 9.59 Å². The van der Waals surface area contributed by atoms with Gasteiger partial charge in [-0.2, -0.15) is 0 Å². The number of hydrogen-bond acceptors (Lipinski definition) is 3. The van der Waals surface area contributed by atoms with E-state index in [1.165, 1.54) is 6.92 Å². The highest BCUT2D eigenvalue weighted by atomic mass is 16.5. The van der Waals surface area contributed by atoms with E-state index in [2.05, 4.69) is 10.6 Å². The van der Waals surface area contributed by atoms with Crippen LogP contribution in [0.25, 0.3) is 0 Å². The first kappa shape index (κ1) is 16.5. The molecule has 2 aromatic rings. The molecular formula is C18H20N2O3. The van der Waals surface area contributed by atoms with Crippen molar-refractivity contribution >= 4 is 23.2 Å². The van der Waals surface area contributed by atoms with Gasteiger partial charge < -0.3 is 15.4 Å². The molecule has 120 valence electrons. The Bertz CT molecular complexity index is 726. The largest absolute Gasteiger partial charge is 0.483 e. The van der Waals surface area contributed by atoms with Crippen molar-refractivity contribution in [2.24, 2.45) is 0 Å². The number of amides is 2. The van der Waals surface area contributed by atoms with E-state index in [0.29, 0.717) is 17.1 Å². The summed E-state index contributed by atoms with van der Waals surface area (Å²) in [5, 5.41) is 5.41. The van der Waals surface area contributed by atoms with Gasteiger partial charge in [-0.15, -0.1) is 0 Å². The van der Waals surface area contributed by atoms with E-state index in [4.69, 9.17) is 4.74 Å². The molecule has 5 nitrogen and oxygen atoms in total. The molecule has 2 aromatic carbocycles. The second-order valence-electron chi connectivity index (χ2n) is 5.37. The zero-order valence-corrected chi connectivity index (χ0v) is 13.5. The molecule has 0 bridgehead atoms. The molecule has 0 saturated heterocycles. The summed E-state index contributed by atoms with van der Waals surface area (Å²) in [6, 6.07) is 12.8. The van der Waals surface area contributed by atoms with Crippen molar-refractivity contribution in [2.45, 2.75) is 20.8 Å². The van der Waals surface area contributed by atoms with Crippen LogP contribution in [-0.2, 0) is 9.59 Å². The third-order valence-corrected chi connectivity index (χ3v) is 3.16. The van der Waals surface area contributed by atoms with E-state index in [-0.39, 0.29) is 18.4 Å². The van der Waals surface area contributed by atoms with Crippen LogP contribution in [0, 0.1) is 13.8 Å². The first-order valence-corrected chi connectivity index (χ1v) is 7.31. The second-order valence-corrected chi connectivity index (χ2v) is 5.37. The maximum atomic E-state index is 12.0. The Hall–Kier alpha value is -2.82. The molecule has 0 fully saturated rings. The lowest BCUT2D eigenvalue weighted by Crippen LogP contribution is -2.20. The van der Waals surface area contributed by atoms with Gasteiger partial charge in [-0.25, -0.2) is 0 Å². The molecule has 2 rings (SSSR count). The number of rotatable bonds is 5. The van der Waals surface area contributed by atoms with Crippen LogP contribution in [0.2, 0.25) is 0 Å². The van der Waals surface area contributed by atoms with Crippen molar-refractivity contribution in [3.05, 3.63) is 53.6 Å². The molecular weight excluding hydrogens is 292 g/mol. The van der Waals surface area contributed by atoms with Gasteiger partial charge in [0, 0.05) is 18.3 Å². The topological polar surface area (TPSA) is 67.4 Å². The van der Waals surface area contributed by atoms with E-state index in [0.717, 1.165) is 11.1 Å². The number of ether oxygens (including phenoxy) is 1. The fourth-order valence-corrected chi connectivity index (χ4v) is 2.18. The molecule has 0 spiro atoms. The van der Waals surface area contributed by atoms with Crippen LogP contribution in [0.4, 0.5) is 11.4 Å². The minimum Gasteiger partial charge on any atom is -0.483 e. The van der Waals surface area contributed by atoms with Crippen molar-refractivity contribution in [1.82, 2.24) is 0 Å². The molecule has 2 amide bonds. The van der Waals surface area contributed by atoms with Crippen LogP contribution in [0.3, 0.4) is 0 Å². The summed E-state index contributed by atoms with van der Waals surface area (Å²) in [5.41, 5.74) is 3.37. The molecule has 0 radical (unpaired) electrons. The summed E-state index contributed by atoms with van der Waals surface area (Å²) in [5.74, 6) is 0.273. The summed E-state index contributed by atoms with van der Waals surface area (Å²) < 4.78 is 5.54. The first-order valence-electron chi connectivity index (χ1n) is 7.31. The van der Waals surface area contributed by atoms with Gasteiger partial charge in [0.1, 0.15) is 5.75 Å². The van der Waals surface area contributed by atoms with Crippen LogP contribution in [-0.4, -0.2) is 18.4 Å². The van der Waals surface area contributed by atoms with Gasteiger partial charge >= 0.3 is 0 Å². The maximum Gasteiger partial charge on any atom is 0.262 e. The van der Waals surface area contributed by atoms with Gasteiger partial charge in [0.2, 0.25) is 5.91 Å². The lowest BCUT2D eigenvalue weighted by Gasteiger charge is -2.11. The Balaban J connectivity index is 1.93. The molecule has 0 aliphatic heterocycles. The van der Waals surface area contributed by atoms with Crippen LogP contribution < -0.4 is 15.4 Å². The van der Waals surface area contributed by atoms with E-state index in [1.54, 1.807) is 24.3 Å². The zero-order valence-electron chi connectivity index (χ0n) is 13.5. The summed E-state index contributed by atoms with van der Waals surface area (Å²) >= 11 is 0. The van der Waals surface area contributed by atoms with E-state index in [1.807, 2.05) is 32.0 Å². The quantitative estimate of drug-likeness (QED) is 0.890. The Kier molecular flexibility index (Phi) is 5.36. The van der Waals surface area contributed by atoms with Gasteiger partial charge in [-0.05, 0) is 43.7 Å². The van der Waals surface area contributed by atoms with Gasteiger partial charge in [-0.1, -0.05) is 23.8 Å². The molecule has 0 atom stereocenters. The monoisotopic (exact) mass is 312 g/mol. The predicted octanol–water partition coefficient (Wildman–Crippen LogP) is 3.28. The molecule has 2 N–H and O–H groups in total. The smallest absolute Gasteiger partial charge is 0.262 e. The van der Waals surface area contributed by atoms with Crippen molar-refractivity contribution in [2.75, 3.05) is 17.2 Å². The van der Waals surface area contributed by atoms with Gasteiger partial charge in [0.15, 0.2) is 6.61 Å². The number of aryl methyl sites for hydroxylation is 2. The highest BCUT2D eigenvalue weighted by Gasteiger charge is 2.06. The van der Waals surface area contributed by atoms with Crippen molar-refractivity contribution in [3.8, 4) is 5.75 Å². The summed E-state index contributed by atoms with van der Waals surface area (Å²) in [4.78, 5) is 23.0. The Morgan fingerprint density at radius 2 is 1.70 bits per heavy atom. The minimum absolute atomic E-state index is 0.0751. The maximum absolute atomic E-state index is 12.0. The van der Waals surface area contributed by atoms with Crippen LogP contribution in [0.1, 0.15) is 18.1 Å². The van der Waals surface area contributed by atoms with Gasteiger partial charge in [0.25, 0.3) is 5.91 Å². The summed E-state index contributed by atoms with van der Waals surface area (Å²) in [6.07, 6.45) is 0. The lowest BCUT2D eigenvalue weighted by molar-refractivity contribution is -0.118. The average molecular weight is 312 g/mol. The molecule has 0 unspecified atom stereocenters. The third kappa shape index (κ3) is 5.14. The Labute approximate surface area is 135 Å². The van der Waals surface area contributed by atoms with Crippen LogP contribution >= 0.6 is 0 Å². The molecule has 5 heteroatoms. The van der Waals surface area contributed by atoms with Crippen molar-refractivity contribution in [1.29, 1.82) is 0 Å². The van der Waals surface area contributed by atoms with Gasteiger partial charge in [0.05, 0.1) is 0 Å². The summed E-state index contributed by atoms with van der Waals surface area (Å²) in [7, 11) is 0. The van der Waals surface area contributed by atoms with Crippen molar-refractivity contribution < 1.29 is 14.3 Å². The standard InChI is InChI=1S/C18H20N2O3/c1-12-7-8-17(13(2)9-12)23-11-18(22)20-16-6-4-5-15(10-16)19-14(3)21/h4-10H,11H2,1-3H3,(H,19,21)(H,20,22).